The van der Waals surface area contributed by atoms with Crippen LogP contribution in [-0.4, -0.2) is 14.8 Å². The molecule has 0 aliphatic carbocycles. The fourth-order valence-electron chi connectivity index (χ4n) is 11.4. The molecule has 0 atom stereocenters. The van der Waals surface area contributed by atoms with Crippen molar-refractivity contribution in [3.8, 4) is 11.1 Å². The van der Waals surface area contributed by atoms with Crippen molar-refractivity contribution in [1.29, 1.82) is 0 Å². The maximum absolute atomic E-state index is 2.78. The van der Waals surface area contributed by atoms with Crippen LogP contribution in [0.15, 0.2) is 206 Å². The van der Waals surface area contributed by atoms with Gasteiger partial charge in [-0.2, -0.15) is 0 Å². The van der Waals surface area contributed by atoms with Crippen LogP contribution in [0.25, 0.3) is 11.1 Å². The highest BCUT2D eigenvalue weighted by atomic mass is 28.3. The molecule has 0 unspecified atom stereocenters. The third-order valence-corrected chi connectivity index (χ3v) is 18.6. The van der Waals surface area contributed by atoms with Gasteiger partial charge >= 0.3 is 0 Å². The van der Waals surface area contributed by atoms with Crippen LogP contribution < -0.4 is 51.8 Å². The van der Waals surface area contributed by atoms with Gasteiger partial charge in [0.2, 0.25) is 0 Å². The van der Waals surface area contributed by atoms with E-state index in [1.807, 2.05) is 0 Å². The third kappa shape index (κ3) is 4.64. The molecule has 0 fully saturated rings. The van der Waals surface area contributed by atoms with Gasteiger partial charge in [0.05, 0.1) is 5.69 Å². The minimum Gasteiger partial charge on any atom is -0.311 e. The number of anilines is 9. The summed E-state index contributed by atoms with van der Waals surface area (Å²) >= 11 is 0. The van der Waals surface area contributed by atoms with Crippen LogP contribution >= 0.6 is 0 Å². The van der Waals surface area contributed by atoms with Gasteiger partial charge in [0.15, 0.2) is 8.07 Å². The van der Waals surface area contributed by atoms with E-state index in [4.69, 9.17) is 0 Å². The van der Waals surface area contributed by atoms with Gasteiger partial charge in [-0.1, -0.05) is 157 Å². The largest absolute Gasteiger partial charge is 0.311 e. The van der Waals surface area contributed by atoms with Crippen molar-refractivity contribution < 1.29 is 0 Å². The number of benzene rings is 9. The van der Waals surface area contributed by atoms with Crippen LogP contribution in [-0.2, 0) is 0 Å². The van der Waals surface area contributed by atoms with E-state index < -0.39 is 8.07 Å². The normalized spacial score (nSPS) is 14.4. The van der Waals surface area contributed by atoms with Crippen LogP contribution in [0, 0.1) is 13.8 Å². The van der Waals surface area contributed by atoms with Crippen molar-refractivity contribution in [3.63, 3.8) is 0 Å². The Morgan fingerprint density at radius 2 is 0.738 bits per heavy atom. The second kappa shape index (κ2) is 12.8. The molecule has 3 nitrogen and oxygen atoms in total. The number of rotatable bonds is 3. The number of aryl methyl sites for hydroxylation is 2. The maximum Gasteiger partial charge on any atom is 0.252 e. The molecule has 4 aliphatic heterocycles. The second-order valence-electron chi connectivity index (χ2n) is 17.0. The van der Waals surface area contributed by atoms with Gasteiger partial charge in [0, 0.05) is 45.5 Å². The first-order valence-electron chi connectivity index (χ1n) is 21.4. The van der Waals surface area contributed by atoms with Crippen LogP contribution in [0.2, 0.25) is 0 Å². The molecule has 1 spiro atoms. The van der Waals surface area contributed by atoms with Gasteiger partial charge in [-0.15, -0.1) is 0 Å². The summed E-state index contributed by atoms with van der Waals surface area (Å²) in [4.78, 5) is 7.63. The fourth-order valence-corrected chi connectivity index (χ4v) is 17.1. The zero-order chi connectivity index (χ0) is 40.4. The number of para-hydroxylation sites is 4. The zero-order valence-electron chi connectivity index (χ0n) is 34.0. The Morgan fingerprint density at radius 3 is 1.23 bits per heavy atom. The van der Waals surface area contributed by atoms with Crippen molar-refractivity contribution in [2.75, 3.05) is 14.7 Å². The average Bonchev–Trinajstić information content (AvgIpc) is 3.60. The van der Waals surface area contributed by atoms with E-state index in [1.54, 1.807) is 0 Å². The third-order valence-electron chi connectivity index (χ3n) is 13.7. The predicted molar refractivity (Wildman–Crippen MR) is 261 cm³/mol. The molecule has 0 saturated carbocycles. The van der Waals surface area contributed by atoms with Gasteiger partial charge in [-0.25, -0.2) is 0 Å². The van der Waals surface area contributed by atoms with E-state index >= 15 is 0 Å². The van der Waals surface area contributed by atoms with Gasteiger partial charge in [0.25, 0.3) is 6.71 Å². The van der Waals surface area contributed by atoms with Gasteiger partial charge < -0.3 is 14.7 Å². The lowest BCUT2D eigenvalue weighted by atomic mass is 9.33. The first-order valence-corrected chi connectivity index (χ1v) is 23.4. The first-order chi connectivity index (χ1) is 30.1. The lowest BCUT2D eigenvalue weighted by Crippen LogP contribution is -2.75. The molecular weight excluding hydrogens is 754 g/mol. The standard InChI is InChI=1S/C56H40BN3Si/c1-37-29-31-48-54(33-37)61(52-27-15-9-21-42(52)43-22-10-16-28-53(43)61)55-34-38(2)30-32-49(55)60(48)41-35-50-56-51(36-41)59(40-19-7-4-8-20-40)47-26-14-12-24-45(47)57(56)44-23-11-13-25-46(44)58(50)39-17-5-3-6-18-39/h3-36H,1-2H3. The van der Waals surface area contributed by atoms with E-state index in [-0.39, 0.29) is 6.71 Å². The molecule has 9 aromatic rings. The van der Waals surface area contributed by atoms with Crippen molar-refractivity contribution in [3.05, 3.63) is 217 Å². The lowest BCUT2D eigenvalue weighted by molar-refractivity contribution is 1.22. The summed E-state index contributed by atoms with van der Waals surface area (Å²) in [6.07, 6.45) is 0. The molecule has 0 bridgehead atoms. The van der Waals surface area contributed by atoms with Crippen molar-refractivity contribution in [2.45, 2.75) is 13.8 Å². The summed E-state index contributed by atoms with van der Waals surface area (Å²) in [5, 5.41) is 5.86. The molecule has 4 aliphatic rings. The topological polar surface area (TPSA) is 9.72 Å². The maximum atomic E-state index is 2.60. The Hall–Kier alpha value is -7.34. The minimum atomic E-state index is -2.78. The summed E-state index contributed by atoms with van der Waals surface area (Å²) in [6, 6.07) is 78.0. The summed E-state index contributed by atoms with van der Waals surface area (Å²) in [5.74, 6) is 0. The number of fused-ring (bicyclic) bond motifs is 13. The zero-order valence-corrected chi connectivity index (χ0v) is 35.0. The highest BCUT2D eigenvalue weighted by Crippen LogP contribution is 2.49. The summed E-state index contributed by atoms with van der Waals surface area (Å²) < 4.78 is 0. The Kier molecular flexibility index (Phi) is 7.26. The first kappa shape index (κ1) is 34.5. The van der Waals surface area contributed by atoms with Gasteiger partial charge in [-0.05, 0) is 123 Å². The second-order valence-corrected chi connectivity index (χ2v) is 20.7. The average molecular weight is 794 g/mol. The van der Waals surface area contributed by atoms with Crippen molar-refractivity contribution in [1.82, 2.24) is 0 Å². The molecule has 13 rings (SSSR count). The monoisotopic (exact) mass is 793 g/mol. The molecule has 0 N–H and O–H groups in total. The molecule has 0 saturated heterocycles. The highest BCUT2D eigenvalue weighted by molar-refractivity contribution is 7.23. The fraction of sp³-hybridized carbons (Fsp3) is 0.0357. The lowest BCUT2D eigenvalue weighted by Gasteiger charge is -2.47. The van der Waals surface area contributed by atoms with Crippen LogP contribution in [0.5, 0.6) is 0 Å². The SMILES string of the molecule is Cc1ccc2c(c1)[Si]1(c3ccccc3-c3ccccc31)c1cc(C)ccc1N2c1cc2c3c(c1)N(c1ccccc1)c1ccccc1B3c1ccccc1N2c1ccccc1. The molecular formula is C56H40BN3Si. The Balaban J connectivity index is 1.16. The van der Waals surface area contributed by atoms with Gasteiger partial charge in [0.1, 0.15) is 0 Å². The van der Waals surface area contributed by atoms with E-state index in [9.17, 15) is 0 Å². The number of hydrogen-bond acceptors (Lipinski definition) is 3. The van der Waals surface area contributed by atoms with Crippen LogP contribution in [0.3, 0.4) is 0 Å². The number of nitrogens with zero attached hydrogens (tertiary/aromatic N) is 3. The van der Waals surface area contributed by atoms with E-state index in [2.05, 4.69) is 235 Å². The molecule has 61 heavy (non-hydrogen) atoms. The number of hydrogen-bond donors (Lipinski definition) is 0. The smallest absolute Gasteiger partial charge is 0.252 e. The minimum absolute atomic E-state index is 0.0553. The molecule has 9 aromatic carbocycles. The predicted octanol–water partition coefficient (Wildman–Crippen LogP) is 9.53. The molecule has 0 amide bonds. The summed E-state index contributed by atoms with van der Waals surface area (Å²) in [7, 11) is -2.78. The van der Waals surface area contributed by atoms with Crippen molar-refractivity contribution >= 4 is 103 Å². The quantitative estimate of drug-likeness (QED) is 0.165. The van der Waals surface area contributed by atoms with E-state index in [0.717, 1.165) is 17.1 Å². The van der Waals surface area contributed by atoms with E-state index in [0.29, 0.717) is 0 Å². The van der Waals surface area contributed by atoms with Gasteiger partial charge in [-0.3, -0.25) is 0 Å². The summed E-state index contributed by atoms with van der Waals surface area (Å²) in [6.45, 7) is 4.58. The van der Waals surface area contributed by atoms with Crippen LogP contribution in [0.1, 0.15) is 11.1 Å². The van der Waals surface area contributed by atoms with Crippen LogP contribution in [0.4, 0.5) is 51.2 Å². The molecule has 286 valence electrons. The Morgan fingerprint density at radius 1 is 0.328 bits per heavy atom. The molecule has 5 heteroatoms. The molecule has 4 heterocycles. The summed E-state index contributed by atoms with van der Waals surface area (Å²) in [5.41, 5.74) is 20.1. The van der Waals surface area contributed by atoms with Crippen molar-refractivity contribution in [2.24, 2.45) is 0 Å². The molecule has 0 aromatic heterocycles. The Bertz CT molecular complexity index is 3060. The van der Waals surface area contributed by atoms with E-state index in [1.165, 1.54) is 93.5 Å². The highest BCUT2D eigenvalue weighted by Gasteiger charge is 2.54. The molecule has 0 radical (unpaired) electrons. The Labute approximate surface area is 358 Å².